The average molecular weight is 445 g/mol. The van der Waals surface area contributed by atoms with Crippen LogP contribution in [0.2, 0.25) is 0 Å². The molecule has 0 spiro atoms. The number of sulfone groups is 1. The molecule has 3 aliphatic rings. The molecule has 2 saturated heterocycles. The van der Waals surface area contributed by atoms with Gasteiger partial charge in [-0.3, -0.25) is 14.6 Å². The summed E-state index contributed by atoms with van der Waals surface area (Å²) in [6, 6.07) is 9.93. The number of nitriles is 1. The Morgan fingerprint density at radius 3 is 2.23 bits per heavy atom. The minimum atomic E-state index is -3.01. The quantitative estimate of drug-likeness (QED) is 0.663. The SMILES string of the molecule is N#Cc1ccc(CN2CCN(CC(=O)N(C3CCCC3)[C@H]3CCS(=O)(=O)C3)CC2)cc1. The molecule has 31 heavy (non-hydrogen) atoms. The summed E-state index contributed by atoms with van der Waals surface area (Å²) in [5.41, 5.74) is 1.87. The molecule has 168 valence electrons. The fraction of sp³-hybridized carbons (Fsp3) is 0.652. The van der Waals surface area contributed by atoms with Crippen LogP contribution in [0.4, 0.5) is 0 Å². The van der Waals surface area contributed by atoms with E-state index in [1.807, 2.05) is 29.2 Å². The maximum Gasteiger partial charge on any atom is 0.237 e. The maximum atomic E-state index is 13.3. The summed E-state index contributed by atoms with van der Waals surface area (Å²) in [6.45, 7) is 4.70. The first-order valence-corrected chi connectivity index (χ1v) is 13.2. The van der Waals surface area contributed by atoms with Crippen molar-refractivity contribution in [3.63, 3.8) is 0 Å². The Labute approximate surface area is 185 Å². The first-order chi connectivity index (χ1) is 14.9. The first kappa shape index (κ1) is 22.3. The summed E-state index contributed by atoms with van der Waals surface area (Å²) in [5, 5.41) is 8.93. The number of carbonyl (C=O) groups is 1. The summed E-state index contributed by atoms with van der Waals surface area (Å²) in [5.74, 6) is 0.449. The summed E-state index contributed by atoms with van der Waals surface area (Å²) in [4.78, 5) is 19.8. The number of carbonyl (C=O) groups excluding carboxylic acids is 1. The van der Waals surface area contributed by atoms with Gasteiger partial charge in [-0.15, -0.1) is 0 Å². The van der Waals surface area contributed by atoms with E-state index in [0.717, 1.165) is 58.4 Å². The molecule has 3 fully saturated rings. The molecule has 1 saturated carbocycles. The number of amides is 1. The van der Waals surface area contributed by atoms with Gasteiger partial charge in [0.05, 0.1) is 29.7 Å². The van der Waals surface area contributed by atoms with Crippen LogP contribution >= 0.6 is 0 Å². The van der Waals surface area contributed by atoms with Crippen molar-refractivity contribution in [2.75, 3.05) is 44.2 Å². The summed E-state index contributed by atoms with van der Waals surface area (Å²) < 4.78 is 24.1. The second kappa shape index (κ2) is 9.68. The lowest BCUT2D eigenvalue weighted by atomic mass is 10.1. The Morgan fingerprint density at radius 2 is 1.65 bits per heavy atom. The van der Waals surface area contributed by atoms with E-state index in [0.29, 0.717) is 18.5 Å². The molecule has 0 aromatic heterocycles. The Morgan fingerprint density at radius 1 is 1.00 bits per heavy atom. The van der Waals surface area contributed by atoms with Gasteiger partial charge >= 0.3 is 0 Å². The van der Waals surface area contributed by atoms with Crippen LogP contribution in [-0.2, 0) is 21.2 Å². The predicted octanol–water partition coefficient (Wildman–Crippen LogP) is 1.63. The lowest BCUT2D eigenvalue weighted by molar-refractivity contribution is -0.137. The zero-order valence-electron chi connectivity index (χ0n) is 18.1. The van der Waals surface area contributed by atoms with Crippen molar-refractivity contribution in [1.82, 2.24) is 14.7 Å². The van der Waals surface area contributed by atoms with Crippen LogP contribution in [-0.4, -0.2) is 85.3 Å². The molecule has 2 aliphatic heterocycles. The van der Waals surface area contributed by atoms with Gasteiger partial charge in [0.25, 0.3) is 0 Å². The lowest BCUT2D eigenvalue weighted by Crippen LogP contribution is -2.53. The number of hydrogen-bond acceptors (Lipinski definition) is 6. The highest BCUT2D eigenvalue weighted by Crippen LogP contribution is 2.29. The molecule has 1 aliphatic carbocycles. The average Bonchev–Trinajstić information content (AvgIpc) is 3.40. The molecule has 0 radical (unpaired) electrons. The van der Waals surface area contributed by atoms with Gasteiger partial charge < -0.3 is 4.90 Å². The van der Waals surface area contributed by atoms with Crippen molar-refractivity contribution in [3.05, 3.63) is 35.4 Å². The van der Waals surface area contributed by atoms with Gasteiger partial charge in [-0.25, -0.2) is 8.42 Å². The standard InChI is InChI=1S/C23H32N4O3S/c24-15-19-5-7-20(8-6-19)16-25-10-12-26(13-11-25)17-23(28)27(21-3-1-2-4-21)22-9-14-31(29,30)18-22/h5-8,21-22H,1-4,9-14,16-18H2/t22-/m0/s1. The van der Waals surface area contributed by atoms with Gasteiger partial charge in [-0.2, -0.15) is 5.26 Å². The highest BCUT2D eigenvalue weighted by atomic mass is 32.2. The van der Waals surface area contributed by atoms with Crippen LogP contribution in [0.5, 0.6) is 0 Å². The Bertz CT molecular complexity index is 911. The highest BCUT2D eigenvalue weighted by molar-refractivity contribution is 7.91. The van der Waals surface area contributed by atoms with Crippen LogP contribution < -0.4 is 0 Å². The van der Waals surface area contributed by atoms with E-state index in [-0.39, 0.29) is 29.5 Å². The molecule has 7 nitrogen and oxygen atoms in total. The van der Waals surface area contributed by atoms with E-state index < -0.39 is 9.84 Å². The molecular formula is C23H32N4O3S. The van der Waals surface area contributed by atoms with Crippen LogP contribution in [0.3, 0.4) is 0 Å². The van der Waals surface area contributed by atoms with Gasteiger partial charge in [0.1, 0.15) is 0 Å². The second-order valence-electron chi connectivity index (χ2n) is 9.16. The van der Waals surface area contributed by atoms with Gasteiger partial charge in [-0.05, 0) is 37.0 Å². The Kier molecular flexibility index (Phi) is 6.95. The summed E-state index contributed by atoms with van der Waals surface area (Å²) in [6.07, 6.45) is 4.84. The van der Waals surface area contributed by atoms with E-state index in [1.165, 1.54) is 5.56 Å². The van der Waals surface area contributed by atoms with Crippen LogP contribution in [0.25, 0.3) is 0 Å². The smallest absolute Gasteiger partial charge is 0.237 e. The molecule has 1 atom stereocenters. The van der Waals surface area contributed by atoms with Gasteiger partial charge in [0.15, 0.2) is 9.84 Å². The van der Waals surface area contributed by atoms with E-state index in [2.05, 4.69) is 15.9 Å². The van der Waals surface area contributed by atoms with Gasteiger partial charge in [0.2, 0.25) is 5.91 Å². The van der Waals surface area contributed by atoms with Crippen molar-refractivity contribution in [2.24, 2.45) is 0 Å². The summed E-state index contributed by atoms with van der Waals surface area (Å²) >= 11 is 0. The first-order valence-electron chi connectivity index (χ1n) is 11.4. The maximum absolute atomic E-state index is 13.3. The molecule has 4 rings (SSSR count). The number of benzene rings is 1. The predicted molar refractivity (Wildman–Crippen MR) is 119 cm³/mol. The van der Waals surface area contributed by atoms with E-state index in [1.54, 1.807) is 0 Å². The molecule has 1 aromatic rings. The Hall–Kier alpha value is -1.95. The molecule has 2 heterocycles. The van der Waals surface area contributed by atoms with E-state index in [4.69, 9.17) is 5.26 Å². The number of piperazine rings is 1. The van der Waals surface area contributed by atoms with Crippen molar-refractivity contribution < 1.29 is 13.2 Å². The van der Waals surface area contributed by atoms with Crippen LogP contribution in [0.15, 0.2) is 24.3 Å². The highest BCUT2D eigenvalue weighted by Gasteiger charge is 2.39. The summed E-state index contributed by atoms with van der Waals surface area (Å²) in [7, 11) is -3.01. The molecule has 0 bridgehead atoms. The number of hydrogen-bond donors (Lipinski definition) is 0. The minimum Gasteiger partial charge on any atom is -0.335 e. The van der Waals surface area contributed by atoms with Crippen molar-refractivity contribution in [2.45, 2.75) is 50.7 Å². The van der Waals surface area contributed by atoms with Gasteiger partial charge in [0, 0.05) is 44.8 Å². The lowest BCUT2D eigenvalue weighted by Gasteiger charge is -2.38. The monoisotopic (exact) mass is 444 g/mol. The molecular weight excluding hydrogens is 412 g/mol. The van der Waals surface area contributed by atoms with Crippen LogP contribution in [0.1, 0.15) is 43.2 Å². The zero-order valence-corrected chi connectivity index (χ0v) is 18.9. The largest absolute Gasteiger partial charge is 0.335 e. The van der Waals surface area contributed by atoms with Crippen molar-refractivity contribution in [1.29, 1.82) is 5.26 Å². The molecule has 1 amide bonds. The van der Waals surface area contributed by atoms with Gasteiger partial charge in [-0.1, -0.05) is 25.0 Å². The van der Waals surface area contributed by atoms with Crippen LogP contribution in [0, 0.1) is 11.3 Å². The normalized spacial score (nSPS) is 24.8. The fourth-order valence-corrected chi connectivity index (χ4v) is 6.92. The Balaban J connectivity index is 1.31. The third-order valence-electron chi connectivity index (χ3n) is 6.92. The van der Waals surface area contributed by atoms with Crippen molar-refractivity contribution in [3.8, 4) is 6.07 Å². The molecule has 8 heteroatoms. The molecule has 0 unspecified atom stereocenters. The van der Waals surface area contributed by atoms with E-state index >= 15 is 0 Å². The fourth-order valence-electron chi connectivity index (χ4n) is 5.20. The van der Waals surface area contributed by atoms with Crippen molar-refractivity contribution >= 4 is 15.7 Å². The third kappa shape index (κ3) is 5.65. The zero-order chi connectivity index (χ0) is 21.8. The van der Waals surface area contributed by atoms with E-state index in [9.17, 15) is 13.2 Å². The minimum absolute atomic E-state index is 0.106. The number of rotatable bonds is 6. The third-order valence-corrected chi connectivity index (χ3v) is 8.67. The topological polar surface area (TPSA) is 84.7 Å². The number of nitrogens with zero attached hydrogens (tertiary/aromatic N) is 4. The molecule has 1 aromatic carbocycles. The molecule has 0 N–H and O–H groups in total. The second-order valence-corrected chi connectivity index (χ2v) is 11.4.